The van der Waals surface area contributed by atoms with Gasteiger partial charge in [0.1, 0.15) is 13.1 Å². The third kappa shape index (κ3) is 8.97. The maximum absolute atomic E-state index is 2.53. The van der Waals surface area contributed by atoms with Gasteiger partial charge in [-0.25, -0.2) is 0 Å². The average molecular weight is 558 g/mol. The first-order valence-corrected chi connectivity index (χ1v) is 16.9. The number of unbranched alkanes of at least 4 members (excludes halogenated alkanes) is 6. The van der Waals surface area contributed by atoms with Gasteiger partial charge in [0.2, 0.25) is 0 Å². The van der Waals surface area contributed by atoms with E-state index in [2.05, 4.69) is 95.3 Å². The lowest BCUT2D eigenvalue weighted by Crippen LogP contribution is -2.38. The number of allylic oxidation sites excluding steroid dienone is 5. The molecule has 0 aromatic carbocycles. The lowest BCUT2D eigenvalue weighted by Gasteiger charge is -2.21. The number of hydrogen-bond acceptors (Lipinski definition) is 4. The van der Waals surface area contributed by atoms with Crippen LogP contribution in [0.3, 0.4) is 0 Å². The summed E-state index contributed by atoms with van der Waals surface area (Å²) in [6, 6.07) is 0. The molecule has 0 spiro atoms. The van der Waals surface area contributed by atoms with Crippen molar-refractivity contribution in [3.05, 3.63) is 67.0 Å². The van der Waals surface area contributed by atoms with Crippen LogP contribution in [0, 0.1) is 6.92 Å². The van der Waals surface area contributed by atoms with E-state index in [1.165, 1.54) is 89.8 Å². The second kappa shape index (κ2) is 16.4. The van der Waals surface area contributed by atoms with Crippen LogP contribution < -0.4 is 9.13 Å². The zero-order valence-corrected chi connectivity index (χ0v) is 26.1. The van der Waals surface area contributed by atoms with Crippen molar-refractivity contribution >= 4 is 46.1 Å². The highest BCUT2D eigenvalue weighted by Crippen LogP contribution is 2.35. The van der Waals surface area contributed by atoms with Gasteiger partial charge in [0.05, 0.1) is 21.4 Å². The molecule has 2 aromatic rings. The highest BCUT2D eigenvalue weighted by Gasteiger charge is 2.21. The summed E-state index contributed by atoms with van der Waals surface area (Å²) in [5.41, 5.74) is 4.03. The Balaban J connectivity index is 1.92. The molecule has 37 heavy (non-hydrogen) atoms. The van der Waals surface area contributed by atoms with Crippen LogP contribution in [-0.2, 0) is 13.1 Å². The van der Waals surface area contributed by atoms with Crippen LogP contribution in [0.15, 0.2) is 51.3 Å². The molecule has 0 radical (unpaired) electrons. The Kier molecular flexibility index (Phi) is 13.2. The van der Waals surface area contributed by atoms with Crippen LogP contribution in [0.4, 0.5) is 0 Å². The quantitative estimate of drug-likeness (QED) is 0.116. The Morgan fingerprint density at radius 3 is 2.41 bits per heavy atom. The van der Waals surface area contributed by atoms with E-state index in [1.54, 1.807) is 0 Å². The summed E-state index contributed by atoms with van der Waals surface area (Å²) in [5.74, 6) is 0. The first-order valence-electron chi connectivity index (χ1n) is 14.2. The number of thiazole rings is 2. The van der Waals surface area contributed by atoms with Gasteiger partial charge in [-0.1, -0.05) is 80.9 Å². The van der Waals surface area contributed by atoms with Gasteiger partial charge in [-0.05, 0) is 49.8 Å². The minimum absolute atomic E-state index is 1.09. The van der Waals surface area contributed by atoms with Crippen molar-refractivity contribution < 1.29 is 9.13 Å². The molecular formula is C31H47N3S3+2. The van der Waals surface area contributed by atoms with Crippen LogP contribution in [-0.4, -0.2) is 11.4 Å². The largest absolute Gasteiger partial charge is 0.339 e. The number of aromatic nitrogens is 2. The Labute approximate surface area is 238 Å². The van der Waals surface area contributed by atoms with Gasteiger partial charge in [0.15, 0.2) is 11.9 Å². The van der Waals surface area contributed by atoms with E-state index in [1.807, 2.05) is 34.4 Å². The van der Waals surface area contributed by atoms with Gasteiger partial charge in [-0.15, -0.1) is 0 Å². The molecule has 6 heteroatoms. The summed E-state index contributed by atoms with van der Waals surface area (Å²) in [5, 5.41) is 10.9. The van der Waals surface area contributed by atoms with Crippen molar-refractivity contribution in [3.8, 4) is 0 Å². The van der Waals surface area contributed by atoms with Gasteiger partial charge < -0.3 is 4.90 Å². The molecule has 0 N–H and O–H groups in total. The summed E-state index contributed by atoms with van der Waals surface area (Å²) in [7, 11) is 0. The molecule has 0 fully saturated rings. The minimum Gasteiger partial charge on any atom is -0.339 e. The molecule has 0 bridgehead atoms. The van der Waals surface area contributed by atoms with Crippen LogP contribution >= 0.6 is 34.4 Å². The molecule has 0 atom stereocenters. The summed E-state index contributed by atoms with van der Waals surface area (Å²) in [4.78, 5) is 2.49. The molecule has 0 unspecified atom stereocenters. The zero-order chi connectivity index (χ0) is 26.5. The van der Waals surface area contributed by atoms with Gasteiger partial charge in [0, 0.05) is 38.1 Å². The molecule has 202 valence electrons. The molecule has 3 heterocycles. The lowest BCUT2D eigenvalue weighted by molar-refractivity contribution is -0.700. The van der Waals surface area contributed by atoms with Gasteiger partial charge in [0.25, 0.3) is 10.0 Å². The fourth-order valence-electron chi connectivity index (χ4n) is 4.52. The van der Waals surface area contributed by atoms with E-state index in [9.17, 15) is 0 Å². The molecule has 0 amide bonds. The third-order valence-corrected chi connectivity index (χ3v) is 9.86. The summed E-state index contributed by atoms with van der Waals surface area (Å²) >= 11 is 5.57. The second-order valence-electron chi connectivity index (χ2n) is 9.88. The van der Waals surface area contributed by atoms with E-state index in [0.717, 1.165) is 19.6 Å². The van der Waals surface area contributed by atoms with Gasteiger partial charge in [-0.2, -0.15) is 9.13 Å². The van der Waals surface area contributed by atoms with E-state index < -0.39 is 0 Å². The Morgan fingerprint density at radius 2 is 1.65 bits per heavy atom. The summed E-state index contributed by atoms with van der Waals surface area (Å²) in [6.45, 7) is 14.6. The minimum atomic E-state index is 1.09. The van der Waals surface area contributed by atoms with Gasteiger partial charge >= 0.3 is 0 Å². The molecule has 2 aromatic heterocycles. The standard InChI is InChI=1S/C31H47N3S3/c1-6-9-12-19-32-22-23-35-29(32)17-15-28(31-34(21-14-11-8-3)27(5)25-37-31)16-18-30-33(20-13-10-7-2)26(4)24-36-30/h15-18,22-25H,6-14,19-21H2,1-5H3/q+2. The zero-order valence-electron chi connectivity index (χ0n) is 23.7. The topological polar surface area (TPSA) is 11.0 Å². The molecule has 0 saturated heterocycles. The fourth-order valence-corrected chi connectivity index (χ4v) is 7.27. The van der Waals surface area contributed by atoms with E-state index in [0.29, 0.717) is 0 Å². The van der Waals surface area contributed by atoms with E-state index in [-0.39, 0.29) is 0 Å². The molecule has 0 saturated carbocycles. The highest BCUT2D eigenvalue weighted by atomic mass is 32.2. The normalized spacial score (nSPS) is 15.5. The number of hydrogen-bond donors (Lipinski definition) is 0. The summed E-state index contributed by atoms with van der Waals surface area (Å²) < 4.78 is 4.94. The van der Waals surface area contributed by atoms with E-state index in [4.69, 9.17) is 0 Å². The van der Waals surface area contributed by atoms with Crippen molar-refractivity contribution in [2.24, 2.45) is 0 Å². The van der Waals surface area contributed by atoms with E-state index >= 15 is 0 Å². The Morgan fingerprint density at radius 1 is 0.919 bits per heavy atom. The van der Waals surface area contributed by atoms with Crippen molar-refractivity contribution in [2.45, 2.75) is 105 Å². The molecule has 1 aliphatic heterocycles. The lowest BCUT2D eigenvalue weighted by atomic mass is 10.2. The molecule has 0 aliphatic carbocycles. The van der Waals surface area contributed by atoms with Crippen molar-refractivity contribution in [1.82, 2.24) is 4.90 Å². The summed E-state index contributed by atoms with van der Waals surface area (Å²) in [6.07, 6.45) is 23.0. The second-order valence-corrected chi connectivity index (χ2v) is 12.6. The molecule has 3 rings (SSSR count). The number of rotatable bonds is 16. The highest BCUT2D eigenvalue weighted by molar-refractivity contribution is 8.06. The SMILES string of the molecule is CCCCCN1C(C)=CS\C1=C/C=C(/C=C/c1scc[n+]1CCCCC)c1scc(C)[n+]1CCCCC. The number of thioether (sulfide) groups is 1. The van der Waals surface area contributed by atoms with Crippen molar-refractivity contribution in [1.29, 1.82) is 0 Å². The van der Waals surface area contributed by atoms with Crippen LogP contribution in [0.5, 0.6) is 0 Å². The maximum atomic E-state index is 2.53. The van der Waals surface area contributed by atoms with Crippen molar-refractivity contribution in [2.75, 3.05) is 6.54 Å². The number of nitrogens with zero attached hydrogens (tertiary/aromatic N) is 3. The predicted octanol–water partition coefficient (Wildman–Crippen LogP) is 9.11. The molecule has 1 aliphatic rings. The monoisotopic (exact) mass is 557 g/mol. The fraction of sp³-hybridized carbons (Fsp3) is 0.548. The Bertz CT molecular complexity index is 1090. The predicted molar refractivity (Wildman–Crippen MR) is 165 cm³/mol. The Hall–Kier alpha value is -1.63. The number of aryl methyl sites for hydroxylation is 2. The molecular weight excluding hydrogens is 511 g/mol. The van der Waals surface area contributed by atoms with Crippen LogP contribution in [0.25, 0.3) is 11.6 Å². The van der Waals surface area contributed by atoms with Crippen molar-refractivity contribution in [3.63, 3.8) is 0 Å². The van der Waals surface area contributed by atoms with Crippen LogP contribution in [0.1, 0.15) is 101 Å². The first kappa shape index (κ1) is 29.9. The first-order chi connectivity index (χ1) is 18.1. The molecule has 3 nitrogen and oxygen atoms in total. The van der Waals surface area contributed by atoms with Gasteiger partial charge in [-0.3, -0.25) is 0 Å². The maximum Gasteiger partial charge on any atom is 0.269 e. The average Bonchev–Trinajstić information content (AvgIpc) is 3.60. The van der Waals surface area contributed by atoms with Crippen LogP contribution in [0.2, 0.25) is 0 Å². The smallest absolute Gasteiger partial charge is 0.269 e. The third-order valence-electron chi connectivity index (χ3n) is 6.80.